The fourth-order valence-electron chi connectivity index (χ4n) is 2.15. The van der Waals surface area contributed by atoms with Crippen molar-refractivity contribution in [1.82, 2.24) is 0 Å². The van der Waals surface area contributed by atoms with Crippen LogP contribution in [0, 0.1) is 12.7 Å². The van der Waals surface area contributed by atoms with Crippen molar-refractivity contribution < 1.29 is 9.18 Å². The van der Waals surface area contributed by atoms with Crippen LogP contribution in [0.25, 0.3) is 0 Å². The third-order valence-electron chi connectivity index (χ3n) is 3.19. The van der Waals surface area contributed by atoms with Crippen molar-refractivity contribution in [2.45, 2.75) is 13.8 Å². The molecule has 4 heteroatoms. The van der Waals surface area contributed by atoms with Crippen molar-refractivity contribution in [2.24, 2.45) is 0 Å². The standard InChI is InChI=1S/C17H19FN2O/c1-3-20(16-9-4-6-13(2)10-16)12-17(21)19-15-8-5-7-14(18)11-15/h4-11H,3,12H2,1-2H3,(H,19,21). The molecule has 0 radical (unpaired) electrons. The third kappa shape index (κ3) is 4.31. The van der Waals surface area contributed by atoms with Crippen molar-refractivity contribution in [3.63, 3.8) is 0 Å². The molecule has 2 rings (SSSR count). The van der Waals surface area contributed by atoms with Crippen LogP contribution < -0.4 is 10.2 Å². The van der Waals surface area contributed by atoms with E-state index in [9.17, 15) is 9.18 Å². The largest absolute Gasteiger partial charge is 0.362 e. The van der Waals surface area contributed by atoms with Gasteiger partial charge in [0.25, 0.3) is 0 Å². The highest BCUT2D eigenvalue weighted by Crippen LogP contribution is 2.16. The van der Waals surface area contributed by atoms with Crippen LogP contribution >= 0.6 is 0 Å². The molecule has 0 saturated carbocycles. The third-order valence-corrected chi connectivity index (χ3v) is 3.19. The van der Waals surface area contributed by atoms with Crippen molar-refractivity contribution >= 4 is 17.3 Å². The van der Waals surface area contributed by atoms with Crippen LogP contribution in [-0.4, -0.2) is 19.0 Å². The number of carbonyl (C=O) groups is 1. The SMILES string of the molecule is CCN(CC(=O)Nc1cccc(F)c1)c1cccc(C)c1. The van der Waals surface area contributed by atoms with Gasteiger partial charge in [-0.3, -0.25) is 4.79 Å². The minimum atomic E-state index is -0.362. The van der Waals surface area contributed by atoms with Crippen LogP contribution in [0.3, 0.4) is 0 Å². The van der Waals surface area contributed by atoms with E-state index in [0.29, 0.717) is 5.69 Å². The maximum atomic E-state index is 13.1. The summed E-state index contributed by atoms with van der Waals surface area (Å²) in [6.45, 7) is 4.97. The zero-order chi connectivity index (χ0) is 15.2. The molecular weight excluding hydrogens is 267 g/mol. The van der Waals surface area contributed by atoms with Gasteiger partial charge in [-0.2, -0.15) is 0 Å². The number of nitrogens with zero attached hydrogens (tertiary/aromatic N) is 1. The number of anilines is 2. The Labute approximate surface area is 124 Å². The zero-order valence-electron chi connectivity index (χ0n) is 12.3. The number of nitrogens with one attached hydrogen (secondary N) is 1. The first-order valence-corrected chi connectivity index (χ1v) is 6.95. The molecule has 0 aromatic heterocycles. The van der Waals surface area contributed by atoms with Gasteiger partial charge >= 0.3 is 0 Å². The molecule has 0 fully saturated rings. The van der Waals surface area contributed by atoms with E-state index in [2.05, 4.69) is 5.32 Å². The number of amides is 1. The first-order valence-electron chi connectivity index (χ1n) is 6.95. The first-order chi connectivity index (χ1) is 10.1. The second-order valence-corrected chi connectivity index (χ2v) is 4.91. The molecule has 3 nitrogen and oxygen atoms in total. The predicted octanol–water partition coefficient (Wildman–Crippen LogP) is 3.60. The minimum Gasteiger partial charge on any atom is -0.362 e. The lowest BCUT2D eigenvalue weighted by atomic mass is 10.2. The van der Waals surface area contributed by atoms with Gasteiger partial charge in [0.1, 0.15) is 5.82 Å². The minimum absolute atomic E-state index is 0.163. The van der Waals surface area contributed by atoms with Crippen molar-refractivity contribution in [2.75, 3.05) is 23.3 Å². The van der Waals surface area contributed by atoms with Crippen molar-refractivity contribution in [3.05, 3.63) is 59.9 Å². The highest BCUT2D eigenvalue weighted by atomic mass is 19.1. The Morgan fingerprint density at radius 3 is 2.62 bits per heavy atom. The molecule has 0 spiro atoms. The number of likely N-dealkylation sites (N-methyl/N-ethyl adjacent to an activating group) is 1. The van der Waals surface area contributed by atoms with Crippen molar-refractivity contribution in [3.8, 4) is 0 Å². The number of rotatable bonds is 5. The van der Waals surface area contributed by atoms with Gasteiger partial charge in [0.2, 0.25) is 5.91 Å². The molecule has 0 aliphatic carbocycles. The Hall–Kier alpha value is -2.36. The summed E-state index contributed by atoms with van der Waals surface area (Å²) in [6.07, 6.45) is 0. The lowest BCUT2D eigenvalue weighted by Crippen LogP contribution is -2.33. The summed E-state index contributed by atoms with van der Waals surface area (Å²) in [4.78, 5) is 14.0. The maximum absolute atomic E-state index is 13.1. The smallest absolute Gasteiger partial charge is 0.243 e. The van der Waals surface area contributed by atoms with Gasteiger partial charge in [-0.15, -0.1) is 0 Å². The quantitative estimate of drug-likeness (QED) is 0.911. The molecule has 0 aliphatic heterocycles. The Balaban J connectivity index is 2.03. The van der Waals surface area contributed by atoms with E-state index in [1.54, 1.807) is 12.1 Å². The zero-order valence-corrected chi connectivity index (χ0v) is 12.3. The average Bonchev–Trinajstić information content (AvgIpc) is 2.44. The summed E-state index contributed by atoms with van der Waals surface area (Å²) in [5.74, 6) is -0.525. The lowest BCUT2D eigenvalue weighted by Gasteiger charge is -2.22. The van der Waals surface area contributed by atoms with Gasteiger partial charge in [-0.1, -0.05) is 18.2 Å². The van der Waals surface area contributed by atoms with Gasteiger partial charge in [-0.05, 0) is 49.7 Å². The lowest BCUT2D eigenvalue weighted by molar-refractivity contribution is -0.115. The van der Waals surface area contributed by atoms with Crippen LogP contribution in [0.4, 0.5) is 15.8 Å². The van der Waals surface area contributed by atoms with Gasteiger partial charge in [-0.25, -0.2) is 4.39 Å². The van der Waals surface area contributed by atoms with E-state index in [1.807, 2.05) is 43.0 Å². The number of carbonyl (C=O) groups excluding carboxylic acids is 1. The van der Waals surface area contributed by atoms with Crippen LogP contribution in [0.15, 0.2) is 48.5 Å². The van der Waals surface area contributed by atoms with E-state index in [1.165, 1.54) is 12.1 Å². The fourth-order valence-corrected chi connectivity index (χ4v) is 2.15. The summed E-state index contributed by atoms with van der Waals surface area (Å²) in [5, 5.41) is 2.71. The number of halogens is 1. The normalized spacial score (nSPS) is 10.2. The van der Waals surface area contributed by atoms with Crippen LogP contribution in [0.1, 0.15) is 12.5 Å². The summed E-state index contributed by atoms with van der Waals surface area (Å²) in [6, 6.07) is 13.9. The van der Waals surface area contributed by atoms with Gasteiger partial charge in [0.15, 0.2) is 0 Å². The van der Waals surface area contributed by atoms with Gasteiger partial charge in [0.05, 0.1) is 6.54 Å². The Bertz CT molecular complexity index is 628. The number of benzene rings is 2. The predicted molar refractivity (Wildman–Crippen MR) is 84.1 cm³/mol. The van der Waals surface area contributed by atoms with Crippen LogP contribution in [0.2, 0.25) is 0 Å². The summed E-state index contributed by atoms with van der Waals surface area (Å²) >= 11 is 0. The second-order valence-electron chi connectivity index (χ2n) is 4.91. The number of aryl methyl sites for hydroxylation is 1. The molecule has 2 aromatic carbocycles. The summed E-state index contributed by atoms with van der Waals surface area (Å²) in [5.41, 5.74) is 2.63. The topological polar surface area (TPSA) is 32.3 Å². The summed E-state index contributed by atoms with van der Waals surface area (Å²) < 4.78 is 13.1. The van der Waals surface area contributed by atoms with E-state index in [-0.39, 0.29) is 18.3 Å². The van der Waals surface area contributed by atoms with Gasteiger partial charge < -0.3 is 10.2 Å². The average molecular weight is 286 g/mol. The molecule has 0 unspecified atom stereocenters. The second kappa shape index (κ2) is 6.88. The molecule has 1 N–H and O–H groups in total. The first kappa shape index (κ1) is 15.0. The van der Waals surface area contributed by atoms with E-state index in [0.717, 1.165) is 17.8 Å². The Morgan fingerprint density at radius 1 is 1.19 bits per heavy atom. The molecule has 0 saturated heterocycles. The number of hydrogen-bond acceptors (Lipinski definition) is 2. The van der Waals surface area contributed by atoms with E-state index < -0.39 is 0 Å². The molecule has 1 amide bonds. The monoisotopic (exact) mass is 286 g/mol. The van der Waals surface area contributed by atoms with Crippen molar-refractivity contribution in [1.29, 1.82) is 0 Å². The van der Waals surface area contributed by atoms with Crippen LogP contribution in [0.5, 0.6) is 0 Å². The van der Waals surface area contributed by atoms with Crippen LogP contribution in [-0.2, 0) is 4.79 Å². The highest BCUT2D eigenvalue weighted by molar-refractivity contribution is 5.94. The molecule has 110 valence electrons. The molecule has 0 aliphatic rings. The highest BCUT2D eigenvalue weighted by Gasteiger charge is 2.10. The molecular formula is C17H19FN2O. The molecule has 21 heavy (non-hydrogen) atoms. The molecule has 0 bridgehead atoms. The molecule has 2 aromatic rings. The molecule has 0 heterocycles. The van der Waals surface area contributed by atoms with E-state index in [4.69, 9.17) is 0 Å². The molecule has 0 atom stereocenters. The maximum Gasteiger partial charge on any atom is 0.243 e. The van der Waals surface area contributed by atoms with Gasteiger partial charge in [0, 0.05) is 17.9 Å². The van der Waals surface area contributed by atoms with E-state index >= 15 is 0 Å². The fraction of sp³-hybridized carbons (Fsp3) is 0.235. The Kier molecular flexibility index (Phi) is 4.93. The number of hydrogen-bond donors (Lipinski definition) is 1. The summed E-state index contributed by atoms with van der Waals surface area (Å²) in [7, 11) is 0. The Morgan fingerprint density at radius 2 is 1.95 bits per heavy atom.